The van der Waals surface area contributed by atoms with Gasteiger partial charge >= 0.3 is 6.09 Å². The second-order valence-electron chi connectivity index (χ2n) is 4.31. The number of nitrogens with zero attached hydrogens (tertiary/aromatic N) is 3. The van der Waals surface area contributed by atoms with E-state index in [1.165, 1.54) is 0 Å². The standard InChI is InChI=1S/C12H21N5O3/c1-4-9-6-10(17(5-2)7-8(3)18)15-16-11(9)20-12(19)14-13/h6,8,18H,4-5,7,13H2,1-3H3,(H,14,19). The Morgan fingerprint density at radius 2 is 2.25 bits per heavy atom. The van der Waals surface area contributed by atoms with Crippen LogP contribution in [0.3, 0.4) is 0 Å². The molecule has 1 unspecified atom stereocenters. The Bertz CT molecular complexity index is 453. The molecule has 0 spiro atoms. The van der Waals surface area contributed by atoms with E-state index in [1.54, 1.807) is 13.0 Å². The lowest BCUT2D eigenvalue weighted by Gasteiger charge is -2.23. The lowest BCUT2D eigenvalue weighted by atomic mass is 10.2. The van der Waals surface area contributed by atoms with Crippen molar-refractivity contribution in [3.8, 4) is 5.88 Å². The molecule has 1 atom stereocenters. The van der Waals surface area contributed by atoms with Crippen molar-refractivity contribution in [2.45, 2.75) is 33.3 Å². The van der Waals surface area contributed by atoms with Gasteiger partial charge in [-0.05, 0) is 26.3 Å². The molecule has 8 nitrogen and oxygen atoms in total. The number of anilines is 1. The SMILES string of the molecule is CCc1cc(N(CC)CC(C)O)nnc1OC(=O)NN. The van der Waals surface area contributed by atoms with Crippen LogP contribution in [0.25, 0.3) is 0 Å². The molecule has 4 N–H and O–H groups in total. The molecule has 1 heterocycles. The molecule has 1 amide bonds. The molecule has 0 aliphatic rings. The van der Waals surface area contributed by atoms with E-state index >= 15 is 0 Å². The minimum absolute atomic E-state index is 0.132. The fourth-order valence-electron chi connectivity index (χ4n) is 1.72. The number of ether oxygens (including phenoxy) is 1. The summed E-state index contributed by atoms with van der Waals surface area (Å²) in [5, 5.41) is 17.4. The number of amides is 1. The van der Waals surface area contributed by atoms with Crippen LogP contribution in [0, 0.1) is 0 Å². The first kappa shape index (κ1) is 16.1. The Morgan fingerprint density at radius 1 is 1.55 bits per heavy atom. The van der Waals surface area contributed by atoms with Gasteiger partial charge in [-0.3, -0.25) is 5.43 Å². The van der Waals surface area contributed by atoms with Crippen LogP contribution in [-0.2, 0) is 6.42 Å². The maximum absolute atomic E-state index is 11.1. The number of carbonyl (C=O) groups excluding carboxylic acids is 1. The second kappa shape index (κ2) is 7.61. The quantitative estimate of drug-likeness (QED) is 0.388. The average Bonchev–Trinajstić information content (AvgIpc) is 2.44. The number of rotatable bonds is 6. The molecule has 0 bridgehead atoms. The number of likely N-dealkylation sites (N-methyl/N-ethyl adjacent to an activating group) is 1. The van der Waals surface area contributed by atoms with Gasteiger partial charge in [0.15, 0.2) is 5.82 Å². The summed E-state index contributed by atoms with van der Waals surface area (Å²) >= 11 is 0. The molecular formula is C12H21N5O3. The van der Waals surface area contributed by atoms with Crippen LogP contribution in [0.5, 0.6) is 5.88 Å². The van der Waals surface area contributed by atoms with Gasteiger partial charge in [-0.15, -0.1) is 10.2 Å². The largest absolute Gasteiger partial charge is 0.428 e. The van der Waals surface area contributed by atoms with E-state index in [9.17, 15) is 9.90 Å². The minimum atomic E-state index is -0.793. The van der Waals surface area contributed by atoms with Gasteiger partial charge < -0.3 is 14.7 Å². The molecule has 0 aliphatic carbocycles. The van der Waals surface area contributed by atoms with Crippen molar-refractivity contribution in [1.82, 2.24) is 15.6 Å². The van der Waals surface area contributed by atoms with Crippen LogP contribution in [0.15, 0.2) is 6.07 Å². The average molecular weight is 283 g/mol. The van der Waals surface area contributed by atoms with Crippen LogP contribution in [0.2, 0.25) is 0 Å². The van der Waals surface area contributed by atoms with E-state index in [0.29, 0.717) is 25.3 Å². The molecule has 8 heteroatoms. The number of aromatic nitrogens is 2. The van der Waals surface area contributed by atoms with Crippen LogP contribution in [0.1, 0.15) is 26.3 Å². The van der Waals surface area contributed by atoms with E-state index in [0.717, 1.165) is 5.56 Å². The summed E-state index contributed by atoms with van der Waals surface area (Å²) in [6.07, 6.45) is -0.638. The first-order chi connectivity index (χ1) is 9.51. The van der Waals surface area contributed by atoms with Crippen molar-refractivity contribution in [3.63, 3.8) is 0 Å². The van der Waals surface area contributed by atoms with Crippen molar-refractivity contribution >= 4 is 11.9 Å². The van der Waals surface area contributed by atoms with Crippen molar-refractivity contribution in [2.24, 2.45) is 5.84 Å². The minimum Gasteiger partial charge on any atom is -0.392 e. The molecule has 0 saturated heterocycles. The molecule has 0 radical (unpaired) electrons. The molecule has 112 valence electrons. The van der Waals surface area contributed by atoms with Gasteiger partial charge in [-0.2, -0.15) is 0 Å². The topological polar surface area (TPSA) is 114 Å². The number of aliphatic hydroxyl groups is 1. The number of hydrogen-bond donors (Lipinski definition) is 3. The summed E-state index contributed by atoms with van der Waals surface area (Å²) in [5.74, 6) is 5.72. The Hall–Kier alpha value is -1.93. The molecule has 0 fully saturated rings. The first-order valence-corrected chi connectivity index (χ1v) is 6.49. The fourth-order valence-corrected chi connectivity index (χ4v) is 1.72. The molecule has 20 heavy (non-hydrogen) atoms. The summed E-state index contributed by atoms with van der Waals surface area (Å²) in [6.45, 7) is 6.73. The highest BCUT2D eigenvalue weighted by molar-refractivity contribution is 5.69. The normalized spacial score (nSPS) is 11.8. The third kappa shape index (κ3) is 4.32. The molecule has 1 aromatic heterocycles. The summed E-state index contributed by atoms with van der Waals surface area (Å²) < 4.78 is 4.92. The number of aliphatic hydroxyl groups excluding tert-OH is 1. The van der Waals surface area contributed by atoms with E-state index in [-0.39, 0.29) is 5.88 Å². The van der Waals surface area contributed by atoms with Gasteiger partial charge in [0.25, 0.3) is 0 Å². The van der Waals surface area contributed by atoms with E-state index < -0.39 is 12.2 Å². The molecular weight excluding hydrogens is 262 g/mol. The van der Waals surface area contributed by atoms with Crippen LogP contribution in [-0.4, -0.2) is 40.6 Å². The highest BCUT2D eigenvalue weighted by Crippen LogP contribution is 2.20. The summed E-state index contributed by atoms with van der Waals surface area (Å²) in [7, 11) is 0. The zero-order valence-electron chi connectivity index (χ0n) is 12.0. The maximum atomic E-state index is 11.1. The lowest BCUT2D eigenvalue weighted by molar-refractivity contribution is 0.197. The highest BCUT2D eigenvalue weighted by atomic mass is 16.6. The van der Waals surface area contributed by atoms with Gasteiger partial charge in [0.1, 0.15) is 0 Å². The van der Waals surface area contributed by atoms with Crippen molar-refractivity contribution in [2.75, 3.05) is 18.0 Å². The Kier molecular flexibility index (Phi) is 6.13. The van der Waals surface area contributed by atoms with Crippen LogP contribution in [0.4, 0.5) is 10.6 Å². The molecule has 1 aromatic rings. The third-order valence-electron chi connectivity index (χ3n) is 2.70. The smallest absolute Gasteiger partial charge is 0.392 e. The predicted octanol–water partition coefficient (Wildman–Crippen LogP) is 0.208. The molecule has 0 saturated carbocycles. The lowest BCUT2D eigenvalue weighted by Crippen LogP contribution is -2.34. The summed E-state index contributed by atoms with van der Waals surface area (Å²) in [4.78, 5) is 13.0. The van der Waals surface area contributed by atoms with E-state index in [1.807, 2.05) is 24.2 Å². The van der Waals surface area contributed by atoms with Crippen molar-refractivity contribution in [1.29, 1.82) is 0 Å². The highest BCUT2D eigenvalue weighted by Gasteiger charge is 2.15. The van der Waals surface area contributed by atoms with Crippen molar-refractivity contribution < 1.29 is 14.6 Å². The molecule has 0 aromatic carbocycles. The fraction of sp³-hybridized carbons (Fsp3) is 0.583. The number of carbonyl (C=O) groups is 1. The van der Waals surface area contributed by atoms with Gasteiger partial charge in [-0.25, -0.2) is 10.6 Å². The monoisotopic (exact) mass is 283 g/mol. The Morgan fingerprint density at radius 3 is 2.75 bits per heavy atom. The number of aryl methyl sites for hydroxylation is 1. The maximum Gasteiger partial charge on any atom is 0.428 e. The zero-order chi connectivity index (χ0) is 15.1. The van der Waals surface area contributed by atoms with Crippen molar-refractivity contribution in [3.05, 3.63) is 11.6 Å². The predicted molar refractivity (Wildman–Crippen MR) is 74.3 cm³/mol. The third-order valence-corrected chi connectivity index (χ3v) is 2.70. The summed E-state index contributed by atoms with van der Waals surface area (Å²) in [6, 6.07) is 1.79. The number of nitrogens with two attached hydrogens (primary N) is 1. The number of hydrazine groups is 1. The van der Waals surface area contributed by atoms with Gasteiger partial charge in [-0.1, -0.05) is 6.92 Å². The van der Waals surface area contributed by atoms with Gasteiger partial charge in [0, 0.05) is 18.7 Å². The number of nitrogens with one attached hydrogen (secondary N) is 1. The van der Waals surface area contributed by atoms with Gasteiger partial charge in [0.2, 0.25) is 5.88 Å². The van der Waals surface area contributed by atoms with E-state index in [4.69, 9.17) is 10.6 Å². The first-order valence-electron chi connectivity index (χ1n) is 6.49. The van der Waals surface area contributed by atoms with Crippen LogP contribution >= 0.6 is 0 Å². The van der Waals surface area contributed by atoms with E-state index in [2.05, 4.69) is 10.2 Å². The number of hydrogen-bond acceptors (Lipinski definition) is 7. The summed E-state index contributed by atoms with van der Waals surface area (Å²) in [5.41, 5.74) is 2.61. The molecule has 1 rings (SSSR count). The zero-order valence-corrected chi connectivity index (χ0v) is 12.0. The Labute approximate surface area is 117 Å². The Balaban J connectivity index is 2.98. The molecule has 0 aliphatic heterocycles. The van der Waals surface area contributed by atoms with Gasteiger partial charge in [0.05, 0.1) is 6.10 Å². The second-order valence-corrected chi connectivity index (χ2v) is 4.31. The van der Waals surface area contributed by atoms with Crippen LogP contribution < -0.4 is 20.9 Å².